The summed E-state index contributed by atoms with van der Waals surface area (Å²) in [5, 5.41) is 3.66. The molecular weight excluding hydrogens is 196 g/mol. The zero-order valence-electron chi connectivity index (χ0n) is 12.4. The van der Waals surface area contributed by atoms with E-state index >= 15 is 0 Å². The lowest BCUT2D eigenvalue weighted by atomic mass is 10.0. The van der Waals surface area contributed by atoms with Gasteiger partial charge in [0.25, 0.3) is 0 Å². The molecule has 0 aromatic heterocycles. The Kier molecular flexibility index (Phi) is 7.25. The molecule has 2 nitrogen and oxygen atoms in total. The van der Waals surface area contributed by atoms with Gasteiger partial charge in [-0.25, -0.2) is 0 Å². The number of rotatable bonds is 8. The van der Waals surface area contributed by atoms with Gasteiger partial charge in [-0.15, -0.1) is 0 Å². The Morgan fingerprint density at radius 1 is 1.12 bits per heavy atom. The van der Waals surface area contributed by atoms with E-state index < -0.39 is 0 Å². The van der Waals surface area contributed by atoms with Crippen LogP contribution in [-0.2, 0) is 0 Å². The van der Waals surface area contributed by atoms with Crippen molar-refractivity contribution in [3.05, 3.63) is 0 Å². The predicted molar refractivity (Wildman–Crippen MR) is 74.0 cm³/mol. The van der Waals surface area contributed by atoms with Gasteiger partial charge in [-0.2, -0.15) is 0 Å². The first-order valence-electron chi connectivity index (χ1n) is 6.84. The summed E-state index contributed by atoms with van der Waals surface area (Å²) in [5.41, 5.74) is 0.267. The predicted octanol–water partition coefficient (Wildman–Crippen LogP) is 3.27. The Hall–Kier alpha value is -0.0800. The molecule has 0 heterocycles. The van der Waals surface area contributed by atoms with Crippen LogP contribution in [0, 0.1) is 0 Å². The number of hydrogen-bond acceptors (Lipinski definition) is 2. The fourth-order valence-corrected chi connectivity index (χ4v) is 1.91. The standard InChI is InChI=1S/C14H32N2/c1-8-10-16(12(3)4)13(5)11-15-14(6,7)9-2/h12-13,15H,8-11H2,1-7H3. The van der Waals surface area contributed by atoms with Crippen LogP contribution in [0.25, 0.3) is 0 Å². The van der Waals surface area contributed by atoms with E-state index in [-0.39, 0.29) is 5.54 Å². The number of nitrogens with zero attached hydrogens (tertiary/aromatic N) is 1. The van der Waals surface area contributed by atoms with Crippen LogP contribution in [-0.4, -0.2) is 35.6 Å². The highest BCUT2D eigenvalue weighted by molar-refractivity contribution is 4.80. The molecule has 0 aliphatic carbocycles. The van der Waals surface area contributed by atoms with Crippen molar-refractivity contribution in [3.63, 3.8) is 0 Å². The van der Waals surface area contributed by atoms with Gasteiger partial charge in [-0.1, -0.05) is 13.8 Å². The molecule has 0 fully saturated rings. The van der Waals surface area contributed by atoms with Crippen LogP contribution in [0.15, 0.2) is 0 Å². The van der Waals surface area contributed by atoms with E-state index in [9.17, 15) is 0 Å². The largest absolute Gasteiger partial charge is 0.310 e. The molecule has 1 atom stereocenters. The van der Waals surface area contributed by atoms with Crippen LogP contribution in [0.1, 0.15) is 61.3 Å². The minimum absolute atomic E-state index is 0.267. The topological polar surface area (TPSA) is 15.3 Å². The van der Waals surface area contributed by atoms with Gasteiger partial charge in [0.1, 0.15) is 0 Å². The normalized spacial score (nSPS) is 14.8. The van der Waals surface area contributed by atoms with Crippen LogP contribution in [0.5, 0.6) is 0 Å². The molecule has 0 rings (SSSR count). The molecule has 0 aliphatic heterocycles. The molecule has 0 saturated carbocycles. The maximum Gasteiger partial charge on any atom is 0.0195 e. The van der Waals surface area contributed by atoms with Crippen LogP contribution >= 0.6 is 0 Å². The average molecular weight is 228 g/mol. The number of hydrogen-bond donors (Lipinski definition) is 1. The van der Waals surface area contributed by atoms with Gasteiger partial charge in [-0.3, -0.25) is 4.90 Å². The van der Waals surface area contributed by atoms with Crippen molar-refractivity contribution in [1.82, 2.24) is 10.2 Å². The molecule has 0 spiro atoms. The third kappa shape index (κ3) is 5.86. The van der Waals surface area contributed by atoms with Crippen LogP contribution in [0.2, 0.25) is 0 Å². The van der Waals surface area contributed by atoms with Gasteiger partial charge in [0.2, 0.25) is 0 Å². The van der Waals surface area contributed by atoms with Crippen molar-refractivity contribution >= 4 is 0 Å². The maximum atomic E-state index is 3.66. The van der Waals surface area contributed by atoms with Crippen molar-refractivity contribution < 1.29 is 0 Å². The van der Waals surface area contributed by atoms with Gasteiger partial charge in [0, 0.05) is 24.2 Å². The second kappa shape index (κ2) is 7.29. The Morgan fingerprint density at radius 3 is 2.06 bits per heavy atom. The zero-order valence-corrected chi connectivity index (χ0v) is 12.4. The van der Waals surface area contributed by atoms with Gasteiger partial charge in [0.15, 0.2) is 0 Å². The van der Waals surface area contributed by atoms with Crippen molar-refractivity contribution in [3.8, 4) is 0 Å². The highest BCUT2D eigenvalue weighted by Crippen LogP contribution is 2.10. The van der Waals surface area contributed by atoms with E-state index in [1.165, 1.54) is 19.4 Å². The Labute approximate surface area is 103 Å². The third-order valence-electron chi connectivity index (χ3n) is 3.47. The van der Waals surface area contributed by atoms with Gasteiger partial charge in [-0.05, 0) is 54.0 Å². The SMILES string of the molecule is CCCN(C(C)C)C(C)CNC(C)(C)CC. The Morgan fingerprint density at radius 2 is 1.69 bits per heavy atom. The zero-order chi connectivity index (χ0) is 12.8. The molecule has 1 unspecified atom stereocenters. The minimum Gasteiger partial charge on any atom is -0.310 e. The molecule has 0 bridgehead atoms. The van der Waals surface area contributed by atoms with E-state index in [2.05, 4.69) is 58.7 Å². The summed E-state index contributed by atoms with van der Waals surface area (Å²) in [7, 11) is 0. The maximum absolute atomic E-state index is 3.66. The van der Waals surface area contributed by atoms with E-state index in [0.717, 1.165) is 6.54 Å². The van der Waals surface area contributed by atoms with Crippen LogP contribution in [0.4, 0.5) is 0 Å². The van der Waals surface area contributed by atoms with E-state index in [1.54, 1.807) is 0 Å². The lowest BCUT2D eigenvalue weighted by Crippen LogP contribution is -2.49. The highest BCUT2D eigenvalue weighted by Gasteiger charge is 2.19. The highest BCUT2D eigenvalue weighted by atomic mass is 15.2. The van der Waals surface area contributed by atoms with E-state index in [1.807, 2.05) is 0 Å². The third-order valence-corrected chi connectivity index (χ3v) is 3.47. The molecule has 16 heavy (non-hydrogen) atoms. The summed E-state index contributed by atoms with van der Waals surface area (Å²) in [6, 6.07) is 1.26. The van der Waals surface area contributed by atoms with Gasteiger partial charge in [0.05, 0.1) is 0 Å². The minimum atomic E-state index is 0.267. The molecule has 1 N–H and O–H groups in total. The lowest BCUT2D eigenvalue weighted by Gasteiger charge is -2.35. The summed E-state index contributed by atoms with van der Waals surface area (Å²) >= 11 is 0. The number of nitrogens with one attached hydrogen (secondary N) is 1. The van der Waals surface area contributed by atoms with Crippen LogP contribution < -0.4 is 5.32 Å². The van der Waals surface area contributed by atoms with E-state index in [4.69, 9.17) is 0 Å². The molecule has 0 aromatic carbocycles. The summed E-state index contributed by atoms with van der Waals surface area (Å²) in [4.78, 5) is 2.58. The average Bonchev–Trinajstić information content (AvgIpc) is 2.22. The molecule has 98 valence electrons. The monoisotopic (exact) mass is 228 g/mol. The molecule has 0 aromatic rings. The Balaban J connectivity index is 4.15. The van der Waals surface area contributed by atoms with Crippen molar-refractivity contribution in [2.24, 2.45) is 0 Å². The van der Waals surface area contributed by atoms with Crippen LogP contribution in [0.3, 0.4) is 0 Å². The van der Waals surface area contributed by atoms with Crippen molar-refractivity contribution in [2.75, 3.05) is 13.1 Å². The van der Waals surface area contributed by atoms with Crippen molar-refractivity contribution in [1.29, 1.82) is 0 Å². The smallest absolute Gasteiger partial charge is 0.0195 e. The summed E-state index contributed by atoms with van der Waals surface area (Å²) in [5.74, 6) is 0. The first-order valence-corrected chi connectivity index (χ1v) is 6.84. The molecule has 0 aliphatic rings. The van der Waals surface area contributed by atoms with E-state index in [0.29, 0.717) is 12.1 Å². The van der Waals surface area contributed by atoms with Gasteiger partial charge < -0.3 is 5.32 Å². The van der Waals surface area contributed by atoms with Crippen molar-refractivity contribution in [2.45, 2.75) is 78.9 Å². The first kappa shape index (κ1) is 15.9. The molecule has 0 amide bonds. The first-order chi connectivity index (χ1) is 7.34. The summed E-state index contributed by atoms with van der Waals surface area (Å²) in [6.07, 6.45) is 2.41. The molecule has 0 radical (unpaired) electrons. The fourth-order valence-electron chi connectivity index (χ4n) is 1.91. The second-order valence-corrected chi connectivity index (χ2v) is 5.80. The second-order valence-electron chi connectivity index (χ2n) is 5.80. The Bertz CT molecular complexity index is 176. The summed E-state index contributed by atoms with van der Waals surface area (Å²) in [6.45, 7) is 18.2. The molecular formula is C14H32N2. The fraction of sp³-hybridized carbons (Fsp3) is 1.00. The molecule has 2 heteroatoms. The van der Waals surface area contributed by atoms with Gasteiger partial charge >= 0.3 is 0 Å². The summed E-state index contributed by atoms with van der Waals surface area (Å²) < 4.78 is 0. The lowest BCUT2D eigenvalue weighted by molar-refractivity contribution is 0.152. The molecule has 0 saturated heterocycles. The quantitative estimate of drug-likeness (QED) is 0.686.